The van der Waals surface area contributed by atoms with E-state index in [2.05, 4.69) is 10.6 Å². The molecule has 2 amide bonds. The Balaban J connectivity index is 1.51. The molecule has 0 atom stereocenters. The lowest BCUT2D eigenvalue weighted by molar-refractivity contribution is -0.113. The Bertz CT molecular complexity index is 759. The Morgan fingerprint density at radius 3 is 2.83 bits per heavy atom. The molecule has 3 rings (SSSR count). The van der Waals surface area contributed by atoms with E-state index in [0.717, 1.165) is 10.6 Å². The van der Waals surface area contributed by atoms with Gasteiger partial charge in [0, 0.05) is 10.5 Å². The first-order valence-corrected chi connectivity index (χ1v) is 8.65. The van der Waals surface area contributed by atoms with Crippen molar-refractivity contribution in [1.82, 2.24) is 5.32 Å². The fourth-order valence-electron chi connectivity index (χ4n) is 2.29. The molecule has 24 heavy (non-hydrogen) atoms. The van der Waals surface area contributed by atoms with Crippen molar-refractivity contribution in [2.75, 3.05) is 24.2 Å². The molecule has 0 fully saturated rings. The zero-order valence-corrected chi connectivity index (χ0v) is 14.1. The molecule has 1 aliphatic rings. The van der Waals surface area contributed by atoms with Crippen LogP contribution in [0.3, 0.4) is 0 Å². The maximum Gasteiger partial charge on any atom is 0.251 e. The third kappa shape index (κ3) is 4.08. The fraction of sp³-hybridized carbons (Fsp3) is 0.222. The monoisotopic (exact) mass is 342 g/mol. The van der Waals surface area contributed by atoms with Crippen LogP contribution < -0.4 is 15.4 Å². The number of thioether (sulfide) groups is 1. The molecule has 2 aromatic rings. The van der Waals surface area contributed by atoms with E-state index >= 15 is 0 Å². The minimum Gasteiger partial charge on any atom is -0.492 e. The molecule has 2 aromatic carbocycles. The summed E-state index contributed by atoms with van der Waals surface area (Å²) < 4.78 is 5.58. The molecule has 2 N–H and O–H groups in total. The van der Waals surface area contributed by atoms with E-state index in [9.17, 15) is 9.59 Å². The van der Waals surface area contributed by atoms with Crippen molar-refractivity contribution in [2.24, 2.45) is 0 Å². The quantitative estimate of drug-likeness (QED) is 0.820. The van der Waals surface area contributed by atoms with Crippen LogP contribution in [0.25, 0.3) is 0 Å². The van der Waals surface area contributed by atoms with Crippen LogP contribution in [0.4, 0.5) is 5.69 Å². The zero-order valence-electron chi connectivity index (χ0n) is 13.3. The van der Waals surface area contributed by atoms with Gasteiger partial charge in [0.25, 0.3) is 5.91 Å². The number of rotatable bonds is 5. The maximum atomic E-state index is 12.2. The highest BCUT2D eigenvalue weighted by Gasteiger charge is 2.17. The minimum atomic E-state index is -0.185. The fourth-order valence-corrected chi connectivity index (χ4v) is 3.08. The molecule has 0 saturated heterocycles. The molecule has 5 nitrogen and oxygen atoms in total. The van der Waals surface area contributed by atoms with Gasteiger partial charge in [-0.25, -0.2) is 0 Å². The highest BCUT2D eigenvalue weighted by Crippen LogP contribution is 2.31. The lowest BCUT2D eigenvalue weighted by Gasteiger charge is -2.17. The molecule has 6 heteroatoms. The second-order valence-electron chi connectivity index (χ2n) is 5.47. The molecule has 0 saturated carbocycles. The smallest absolute Gasteiger partial charge is 0.251 e. The van der Waals surface area contributed by atoms with Gasteiger partial charge >= 0.3 is 0 Å². The van der Waals surface area contributed by atoms with Crippen LogP contribution in [0.5, 0.6) is 5.75 Å². The summed E-state index contributed by atoms with van der Waals surface area (Å²) in [7, 11) is 0. The zero-order chi connectivity index (χ0) is 16.9. The van der Waals surface area contributed by atoms with Gasteiger partial charge < -0.3 is 15.4 Å². The summed E-state index contributed by atoms with van der Waals surface area (Å²) in [6.07, 6.45) is 0. The number of ether oxygens (including phenoxy) is 1. The number of benzene rings is 2. The number of anilines is 1. The van der Waals surface area contributed by atoms with Crippen molar-refractivity contribution in [2.45, 2.75) is 11.8 Å². The number of carbonyl (C=O) groups excluding carboxylic acids is 2. The number of hydrogen-bond acceptors (Lipinski definition) is 4. The van der Waals surface area contributed by atoms with Crippen molar-refractivity contribution < 1.29 is 14.3 Å². The molecule has 0 unspecified atom stereocenters. The molecule has 0 aromatic heterocycles. The van der Waals surface area contributed by atoms with Gasteiger partial charge in [-0.1, -0.05) is 17.7 Å². The van der Waals surface area contributed by atoms with Crippen LogP contribution in [-0.2, 0) is 4.79 Å². The van der Waals surface area contributed by atoms with Crippen LogP contribution in [0.15, 0.2) is 47.4 Å². The van der Waals surface area contributed by atoms with Gasteiger partial charge in [-0.3, -0.25) is 9.59 Å². The summed E-state index contributed by atoms with van der Waals surface area (Å²) in [6.45, 7) is 2.82. The molecule has 0 radical (unpaired) electrons. The van der Waals surface area contributed by atoms with E-state index in [-0.39, 0.29) is 11.8 Å². The van der Waals surface area contributed by atoms with Crippen molar-refractivity contribution in [3.63, 3.8) is 0 Å². The summed E-state index contributed by atoms with van der Waals surface area (Å²) >= 11 is 1.47. The first-order valence-electron chi connectivity index (χ1n) is 7.66. The van der Waals surface area contributed by atoms with Crippen molar-refractivity contribution in [1.29, 1.82) is 0 Å². The Morgan fingerprint density at radius 2 is 2.04 bits per heavy atom. The van der Waals surface area contributed by atoms with Crippen molar-refractivity contribution in [3.05, 3.63) is 53.6 Å². The number of hydrogen-bond donors (Lipinski definition) is 2. The summed E-state index contributed by atoms with van der Waals surface area (Å²) in [5.74, 6) is 0.963. The van der Waals surface area contributed by atoms with Gasteiger partial charge in [0.2, 0.25) is 5.91 Å². The third-order valence-corrected chi connectivity index (χ3v) is 4.63. The third-order valence-electron chi connectivity index (χ3n) is 3.55. The first-order chi connectivity index (χ1) is 11.6. The normalized spacial score (nSPS) is 13.0. The van der Waals surface area contributed by atoms with Gasteiger partial charge in [-0.15, -0.1) is 11.8 Å². The number of aryl methyl sites for hydroxylation is 1. The Labute approximate surface area is 144 Å². The Morgan fingerprint density at radius 1 is 1.25 bits per heavy atom. The molecule has 0 bridgehead atoms. The first kappa shape index (κ1) is 16.4. The average Bonchev–Trinajstić information content (AvgIpc) is 2.59. The van der Waals surface area contributed by atoms with E-state index in [0.29, 0.717) is 30.2 Å². The van der Waals surface area contributed by atoms with E-state index in [4.69, 9.17) is 4.74 Å². The SMILES string of the molecule is Cc1ccc(OCCNC(=O)c2ccc3c(c2)NC(=O)CS3)cc1. The van der Waals surface area contributed by atoms with Crippen LogP contribution in [0, 0.1) is 6.92 Å². The summed E-state index contributed by atoms with van der Waals surface area (Å²) in [6, 6.07) is 13.1. The van der Waals surface area contributed by atoms with E-state index < -0.39 is 0 Å². The molecule has 1 aliphatic heterocycles. The standard InChI is InChI=1S/C18H18N2O3S/c1-12-2-5-14(6-3-12)23-9-8-19-18(22)13-4-7-16-15(10-13)20-17(21)11-24-16/h2-7,10H,8-9,11H2,1H3,(H,19,22)(H,20,21). The van der Waals surface area contributed by atoms with Gasteiger partial charge in [-0.2, -0.15) is 0 Å². The molecular formula is C18H18N2O3S. The molecule has 0 aliphatic carbocycles. The van der Waals surface area contributed by atoms with Crippen LogP contribution >= 0.6 is 11.8 Å². The topological polar surface area (TPSA) is 67.4 Å². The second kappa shape index (κ2) is 7.40. The molecule has 0 spiro atoms. The summed E-state index contributed by atoms with van der Waals surface area (Å²) in [5.41, 5.74) is 2.39. The highest BCUT2D eigenvalue weighted by atomic mass is 32.2. The lowest BCUT2D eigenvalue weighted by Crippen LogP contribution is -2.28. The van der Waals surface area contributed by atoms with E-state index in [1.54, 1.807) is 12.1 Å². The molecule has 1 heterocycles. The van der Waals surface area contributed by atoms with E-state index in [1.165, 1.54) is 17.3 Å². The number of carbonyl (C=O) groups is 2. The Kier molecular flexibility index (Phi) is 5.05. The molecular weight excluding hydrogens is 324 g/mol. The van der Waals surface area contributed by atoms with E-state index in [1.807, 2.05) is 37.3 Å². The predicted octanol–water partition coefficient (Wildman–Crippen LogP) is 2.85. The lowest BCUT2D eigenvalue weighted by atomic mass is 10.2. The number of nitrogens with one attached hydrogen (secondary N) is 2. The number of amides is 2. The maximum absolute atomic E-state index is 12.2. The highest BCUT2D eigenvalue weighted by molar-refractivity contribution is 8.00. The molecule has 124 valence electrons. The van der Waals surface area contributed by atoms with Crippen LogP contribution in [0.2, 0.25) is 0 Å². The summed E-state index contributed by atoms with van der Waals surface area (Å²) in [5, 5.41) is 5.60. The largest absolute Gasteiger partial charge is 0.492 e. The van der Waals surface area contributed by atoms with Gasteiger partial charge in [-0.05, 0) is 37.3 Å². The van der Waals surface area contributed by atoms with Gasteiger partial charge in [0.15, 0.2) is 0 Å². The van der Waals surface area contributed by atoms with Crippen molar-refractivity contribution >= 4 is 29.3 Å². The summed E-state index contributed by atoms with van der Waals surface area (Å²) in [4.78, 5) is 24.6. The Hall–Kier alpha value is -2.47. The predicted molar refractivity (Wildman–Crippen MR) is 94.8 cm³/mol. The van der Waals surface area contributed by atoms with Crippen LogP contribution in [0.1, 0.15) is 15.9 Å². The minimum absolute atomic E-state index is 0.0449. The number of fused-ring (bicyclic) bond motifs is 1. The average molecular weight is 342 g/mol. The van der Waals surface area contributed by atoms with Gasteiger partial charge in [0.05, 0.1) is 18.0 Å². The second-order valence-corrected chi connectivity index (χ2v) is 6.48. The van der Waals surface area contributed by atoms with Crippen molar-refractivity contribution in [3.8, 4) is 5.75 Å². The van der Waals surface area contributed by atoms with Gasteiger partial charge in [0.1, 0.15) is 12.4 Å². The van der Waals surface area contributed by atoms with Crippen LogP contribution in [-0.4, -0.2) is 30.7 Å².